The summed E-state index contributed by atoms with van der Waals surface area (Å²) < 4.78 is 0. The summed E-state index contributed by atoms with van der Waals surface area (Å²) in [4.78, 5) is 2.70. The second kappa shape index (κ2) is 9.81. The van der Waals surface area contributed by atoms with Crippen molar-refractivity contribution in [3.63, 3.8) is 0 Å². The molecule has 1 fully saturated rings. The Morgan fingerprint density at radius 3 is 1.11 bits per heavy atom. The van der Waals surface area contributed by atoms with Crippen molar-refractivity contribution in [1.29, 1.82) is 0 Å². The van der Waals surface area contributed by atoms with Crippen LogP contribution in [0.3, 0.4) is 0 Å². The third-order valence-electron chi connectivity index (χ3n) is 3.31. The SMILES string of the molecule is Br[C@@H]1[C@H](Br)[C@@H](Br)[C@H](Br)CCCCCC[C@@H](Br)[C@H]1Br. The van der Waals surface area contributed by atoms with Crippen LogP contribution in [0, 0.1) is 0 Å². The standard InChI is InChI=1S/C12H18Br6/c13-7-5-3-1-2-4-6-8(14)10(16)12(18)11(17)9(7)15/h7-12H,1-6H2/t7-,8-,9-,10+,11+,12-/m1/s1. The predicted octanol–water partition coefficient (Wildman–Crippen LogP) is 6.92. The molecule has 0 N–H and O–H groups in total. The second-order valence-corrected chi connectivity index (χ2v) is 11.4. The molecule has 0 aliphatic heterocycles. The first-order valence-corrected chi connectivity index (χ1v) is 11.8. The molecule has 0 aromatic carbocycles. The largest absolute Gasteiger partial charge is 0.0878 e. The molecule has 18 heavy (non-hydrogen) atoms. The molecule has 0 spiro atoms. The fraction of sp³-hybridized carbons (Fsp3) is 1.00. The smallest absolute Gasteiger partial charge is 0.0418 e. The highest BCUT2D eigenvalue weighted by Crippen LogP contribution is 2.37. The van der Waals surface area contributed by atoms with Crippen molar-refractivity contribution in [2.24, 2.45) is 0 Å². The molecule has 0 nitrogen and oxygen atoms in total. The van der Waals surface area contributed by atoms with E-state index in [-0.39, 0.29) is 0 Å². The molecule has 0 heterocycles. The van der Waals surface area contributed by atoms with E-state index in [1.807, 2.05) is 0 Å². The molecule has 0 bridgehead atoms. The van der Waals surface area contributed by atoms with Crippen LogP contribution in [-0.4, -0.2) is 29.0 Å². The van der Waals surface area contributed by atoms with Crippen LogP contribution in [0.25, 0.3) is 0 Å². The highest BCUT2D eigenvalue weighted by atomic mass is 79.9. The van der Waals surface area contributed by atoms with E-state index in [9.17, 15) is 0 Å². The van der Waals surface area contributed by atoms with Gasteiger partial charge in [-0.2, -0.15) is 0 Å². The molecule has 6 heteroatoms. The summed E-state index contributed by atoms with van der Waals surface area (Å²) in [7, 11) is 0. The van der Waals surface area contributed by atoms with Crippen LogP contribution in [0.4, 0.5) is 0 Å². The lowest BCUT2D eigenvalue weighted by Crippen LogP contribution is -2.39. The van der Waals surface area contributed by atoms with Gasteiger partial charge in [-0.05, 0) is 12.8 Å². The molecule has 1 aliphatic rings. The number of rotatable bonds is 0. The summed E-state index contributed by atoms with van der Waals surface area (Å²) in [5, 5.41) is 0. The van der Waals surface area contributed by atoms with Gasteiger partial charge in [0.2, 0.25) is 0 Å². The van der Waals surface area contributed by atoms with Crippen LogP contribution in [0.5, 0.6) is 0 Å². The van der Waals surface area contributed by atoms with E-state index < -0.39 is 0 Å². The van der Waals surface area contributed by atoms with Crippen LogP contribution in [0.1, 0.15) is 38.5 Å². The maximum absolute atomic E-state index is 3.84. The van der Waals surface area contributed by atoms with Gasteiger partial charge in [-0.3, -0.25) is 0 Å². The first-order valence-electron chi connectivity index (χ1n) is 6.29. The lowest BCUT2D eigenvalue weighted by Gasteiger charge is -2.31. The highest BCUT2D eigenvalue weighted by molar-refractivity contribution is 9.15. The molecule has 1 saturated carbocycles. The van der Waals surface area contributed by atoms with Crippen LogP contribution in [0.2, 0.25) is 0 Å². The Morgan fingerprint density at radius 2 is 0.778 bits per heavy atom. The molecule has 0 amide bonds. The van der Waals surface area contributed by atoms with Gasteiger partial charge in [-0.15, -0.1) is 0 Å². The Kier molecular flexibility index (Phi) is 10.3. The minimum atomic E-state index is 0.394. The summed E-state index contributed by atoms with van der Waals surface area (Å²) in [5.74, 6) is 0. The average molecular weight is 642 g/mol. The first kappa shape index (κ1) is 18.9. The number of hydrogen-bond acceptors (Lipinski definition) is 0. The van der Waals surface area contributed by atoms with E-state index in [0.29, 0.717) is 29.0 Å². The van der Waals surface area contributed by atoms with Crippen LogP contribution in [0.15, 0.2) is 0 Å². The fourth-order valence-corrected chi connectivity index (χ4v) is 7.63. The lowest BCUT2D eigenvalue weighted by molar-refractivity contribution is 0.549. The number of alkyl halides is 6. The van der Waals surface area contributed by atoms with Crippen molar-refractivity contribution in [3.8, 4) is 0 Å². The predicted molar refractivity (Wildman–Crippen MR) is 104 cm³/mol. The number of halogens is 6. The molecular weight excluding hydrogens is 624 g/mol. The van der Waals surface area contributed by atoms with E-state index in [1.165, 1.54) is 38.5 Å². The molecule has 0 radical (unpaired) electrons. The summed E-state index contributed by atoms with van der Waals surface area (Å²) in [5.41, 5.74) is 0. The van der Waals surface area contributed by atoms with Crippen molar-refractivity contribution in [2.75, 3.05) is 0 Å². The molecule has 6 atom stereocenters. The second-order valence-electron chi connectivity index (χ2n) is 4.80. The van der Waals surface area contributed by atoms with Gasteiger partial charge in [0.25, 0.3) is 0 Å². The first-order chi connectivity index (χ1) is 8.45. The van der Waals surface area contributed by atoms with Gasteiger partial charge in [0.15, 0.2) is 0 Å². The van der Waals surface area contributed by atoms with Gasteiger partial charge in [-0.25, -0.2) is 0 Å². The van der Waals surface area contributed by atoms with E-state index in [4.69, 9.17) is 0 Å². The van der Waals surface area contributed by atoms with Gasteiger partial charge in [0, 0.05) is 29.0 Å². The van der Waals surface area contributed by atoms with E-state index in [1.54, 1.807) is 0 Å². The molecule has 108 valence electrons. The molecule has 0 aromatic rings. The summed E-state index contributed by atoms with van der Waals surface area (Å²) in [6, 6.07) is 0. The third-order valence-corrected chi connectivity index (χ3v) is 13.6. The van der Waals surface area contributed by atoms with E-state index in [0.717, 1.165) is 0 Å². The molecule has 0 aromatic heterocycles. The molecular formula is C12H18Br6. The Morgan fingerprint density at radius 1 is 0.444 bits per heavy atom. The van der Waals surface area contributed by atoms with Gasteiger partial charge < -0.3 is 0 Å². The zero-order valence-corrected chi connectivity index (χ0v) is 19.5. The molecule has 0 unspecified atom stereocenters. The Labute approximate surface area is 161 Å². The van der Waals surface area contributed by atoms with Crippen LogP contribution in [-0.2, 0) is 0 Å². The van der Waals surface area contributed by atoms with Gasteiger partial charge in [-0.1, -0.05) is 121 Å². The summed E-state index contributed by atoms with van der Waals surface area (Å²) in [6.45, 7) is 0. The Bertz CT molecular complexity index is 213. The highest BCUT2D eigenvalue weighted by Gasteiger charge is 2.35. The normalized spacial score (nSPS) is 45.0. The van der Waals surface area contributed by atoms with Crippen LogP contribution < -0.4 is 0 Å². The zero-order valence-electron chi connectivity index (χ0n) is 9.97. The minimum Gasteiger partial charge on any atom is -0.0878 e. The monoisotopic (exact) mass is 636 g/mol. The number of hydrogen-bond donors (Lipinski definition) is 0. The quantitative estimate of drug-likeness (QED) is 0.252. The molecule has 0 saturated heterocycles. The summed E-state index contributed by atoms with van der Waals surface area (Å²) >= 11 is 23.0. The van der Waals surface area contributed by atoms with Crippen molar-refractivity contribution >= 4 is 95.6 Å². The third kappa shape index (κ3) is 5.94. The van der Waals surface area contributed by atoms with Gasteiger partial charge in [0.05, 0.1) is 0 Å². The van der Waals surface area contributed by atoms with Gasteiger partial charge in [0.1, 0.15) is 0 Å². The maximum Gasteiger partial charge on any atom is 0.0418 e. The topological polar surface area (TPSA) is 0 Å². The van der Waals surface area contributed by atoms with Crippen LogP contribution >= 0.6 is 95.6 Å². The maximum atomic E-state index is 3.84. The summed E-state index contributed by atoms with van der Waals surface area (Å²) in [6.07, 6.45) is 7.80. The zero-order chi connectivity index (χ0) is 13.7. The van der Waals surface area contributed by atoms with Gasteiger partial charge >= 0.3 is 0 Å². The average Bonchev–Trinajstić information content (AvgIpc) is 2.37. The van der Waals surface area contributed by atoms with E-state index in [2.05, 4.69) is 95.6 Å². The van der Waals surface area contributed by atoms with Crippen molar-refractivity contribution in [3.05, 3.63) is 0 Å². The minimum absolute atomic E-state index is 0.394. The van der Waals surface area contributed by atoms with Crippen molar-refractivity contribution < 1.29 is 0 Å². The fourth-order valence-electron chi connectivity index (χ4n) is 2.10. The van der Waals surface area contributed by atoms with E-state index >= 15 is 0 Å². The van der Waals surface area contributed by atoms with Crippen molar-refractivity contribution in [2.45, 2.75) is 67.5 Å². The Hall–Kier alpha value is 2.88. The Balaban J connectivity index is 2.71. The molecule has 1 rings (SSSR count). The lowest BCUT2D eigenvalue weighted by atomic mass is 10.0. The van der Waals surface area contributed by atoms with Crippen molar-refractivity contribution in [1.82, 2.24) is 0 Å². The molecule has 1 aliphatic carbocycles.